The van der Waals surface area contributed by atoms with Crippen molar-refractivity contribution in [1.82, 2.24) is 0 Å². The molecule has 118 valence electrons. The Labute approximate surface area is 129 Å². The highest BCUT2D eigenvalue weighted by Gasteiger charge is 2.10. The highest BCUT2D eigenvalue weighted by Crippen LogP contribution is 2.23. The first kappa shape index (κ1) is 17.7. The van der Waals surface area contributed by atoms with Gasteiger partial charge in [0.05, 0.1) is 0 Å². The van der Waals surface area contributed by atoms with Crippen molar-refractivity contribution >= 4 is 5.97 Å². The highest BCUT2D eigenvalue weighted by atomic mass is 16.4. The van der Waals surface area contributed by atoms with Gasteiger partial charge in [0.15, 0.2) is 0 Å². The minimum absolute atomic E-state index is 0.273. The van der Waals surface area contributed by atoms with Gasteiger partial charge in [-0.3, -0.25) is 4.79 Å². The molecule has 2 heteroatoms. The molecular formula is C19H30O2. The normalized spacial score (nSPS) is 13.3. The molecule has 0 fully saturated rings. The fourth-order valence-corrected chi connectivity index (χ4v) is 2.62. The second-order valence-electron chi connectivity index (χ2n) is 7.12. The number of benzene rings is 1. The van der Waals surface area contributed by atoms with Gasteiger partial charge < -0.3 is 5.11 Å². The number of hydrogen-bond acceptors (Lipinski definition) is 1. The molecule has 1 N–H and O–H groups in total. The molecule has 0 atom stereocenters. The quantitative estimate of drug-likeness (QED) is 0.845. The van der Waals surface area contributed by atoms with E-state index in [-0.39, 0.29) is 5.41 Å². The summed E-state index contributed by atoms with van der Waals surface area (Å²) in [5.74, 6) is -0.691. The summed E-state index contributed by atoms with van der Waals surface area (Å²) in [6.07, 6.45) is 7.23. The van der Waals surface area contributed by atoms with Crippen molar-refractivity contribution in [3.63, 3.8) is 0 Å². The van der Waals surface area contributed by atoms with E-state index in [9.17, 15) is 4.79 Å². The van der Waals surface area contributed by atoms with E-state index in [0.29, 0.717) is 6.42 Å². The van der Waals surface area contributed by atoms with Gasteiger partial charge >= 0.3 is 5.97 Å². The fourth-order valence-electron chi connectivity index (χ4n) is 2.62. The third kappa shape index (κ3) is 7.31. The third-order valence-corrected chi connectivity index (χ3v) is 3.89. The summed E-state index contributed by atoms with van der Waals surface area (Å²) in [6, 6.07) is 6.95. The first-order valence-corrected chi connectivity index (χ1v) is 8.14. The molecule has 0 unspecified atom stereocenters. The molecule has 0 spiro atoms. The summed E-state index contributed by atoms with van der Waals surface area (Å²) in [5, 5.41) is 8.31. The van der Waals surface area contributed by atoms with E-state index in [1.165, 1.54) is 31.2 Å². The van der Waals surface area contributed by atoms with Crippen LogP contribution in [0.3, 0.4) is 0 Å². The Bertz CT molecular complexity index is 455. The van der Waals surface area contributed by atoms with E-state index in [2.05, 4.69) is 45.9 Å². The van der Waals surface area contributed by atoms with Gasteiger partial charge in [0.1, 0.15) is 0 Å². The van der Waals surface area contributed by atoms with Gasteiger partial charge in [0.2, 0.25) is 0 Å². The molecule has 0 aliphatic heterocycles. The van der Waals surface area contributed by atoms with Crippen molar-refractivity contribution in [3.8, 4) is 0 Å². The van der Waals surface area contributed by atoms with Crippen molar-refractivity contribution in [3.05, 3.63) is 34.9 Å². The maximum atomic E-state index is 10.1. The second kappa shape index (κ2) is 8.21. The molecule has 1 aromatic carbocycles. The maximum absolute atomic E-state index is 10.1. The number of aryl methyl sites for hydroxylation is 3. The van der Waals surface area contributed by atoms with Crippen molar-refractivity contribution < 1.29 is 9.90 Å². The Kier molecular flexibility index (Phi) is 6.94. The van der Waals surface area contributed by atoms with Crippen LogP contribution in [0.5, 0.6) is 0 Å². The van der Waals surface area contributed by atoms with Gasteiger partial charge in [-0.2, -0.15) is 0 Å². The second-order valence-corrected chi connectivity index (χ2v) is 7.12. The lowest BCUT2D eigenvalue weighted by molar-refractivity contribution is -0.137. The molecule has 2 rings (SSSR count). The van der Waals surface area contributed by atoms with Crippen LogP contribution in [0.2, 0.25) is 0 Å². The van der Waals surface area contributed by atoms with Crippen LogP contribution in [0.25, 0.3) is 0 Å². The zero-order valence-corrected chi connectivity index (χ0v) is 14.0. The van der Waals surface area contributed by atoms with Crippen LogP contribution >= 0.6 is 0 Å². The SMILES string of the molecule is CC(C)(C)CCCC(=O)O.CCc1ccc2c(c1)CCC2. The van der Waals surface area contributed by atoms with Crippen molar-refractivity contribution in [2.24, 2.45) is 5.41 Å². The van der Waals surface area contributed by atoms with Crippen LogP contribution in [0.4, 0.5) is 0 Å². The molecule has 0 saturated heterocycles. The summed E-state index contributed by atoms with van der Waals surface area (Å²) < 4.78 is 0. The third-order valence-electron chi connectivity index (χ3n) is 3.89. The Morgan fingerprint density at radius 1 is 1.19 bits per heavy atom. The van der Waals surface area contributed by atoms with Crippen LogP contribution in [0.15, 0.2) is 18.2 Å². The minimum Gasteiger partial charge on any atom is -0.481 e. The van der Waals surface area contributed by atoms with Crippen LogP contribution in [-0.4, -0.2) is 11.1 Å². The Morgan fingerprint density at radius 3 is 2.43 bits per heavy atom. The largest absolute Gasteiger partial charge is 0.481 e. The molecule has 1 aliphatic carbocycles. The maximum Gasteiger partial charge on any atom is 0.303 e. The van der Waals surface area contributed by atoms with Crippen molar-refractivity contribution in [2.45, 2.75) is 72.6 Å². The molecule has 0 amide bonds. The van der Waals surface area contributed by atoms with Crippen LogP contribution < -0.4 is 0 Å². The van der Waals surface area contributed by atoms with Gasteiger partial charge in [0, 0.05) is 6.42 Å². The summed E-state index contributed by atoms with van der Waals surface area (Å²) in [7, 11) is 0. The first-order valence-electron chi connectivity index (χ1n) is 8.14. The molecule has 0 bridgehead atoms. The molecule has 1 aliphatic rings. The zero-order valence-electron chi connectivity index (χ0n) is 14.0. The van der Waals surface area contributed by atoms with Gasteiger partial charge in [-0.25, -0.2) is 0 Å². The van der Waals surface area contributed by atoms with Gasteiger partial charge in [-0.1, -0.05) is 45.9 Å². The fraction of sp³-hybridized carbons (Fsp3) is 0.632. The first-order chi connectivity index (χ1) is 9.81. The van der Waals surface area contributed by atoms with Gasteiger partial charge in [-0.15, -0.1) is 0 Å². The average Bonchev–Trinajstić information content (AvgIpc) is 2.84. The van der Waals surface area contributed by atoms with Crippen LogP contribution in [0.1, 0.15) is 70.1 Å². The lowest BCUT2D eigenvalue weighted by Crippen LogP contribution is -2.05. The van der Waals surface area contributed by atoms with E-state index in [1.807, 2.05) is 0 Å². The molecule has 0 heterocycles. The molecular weight excluding hydrogens is 260 g/mol. The Hall–Kier alpha value is -1.31. The number of rotatable bonds is 4. The Balaban J connectivity index is 0.000000212. The number of carboxylic acid groups (broad SMARTS) is 1. The van der Waals surface area contributed by atoms with Crippen LogP contribution in [0, 0.1) is 5.41 Å². The topological polar surface area (TPSA) is 37.3 Å². The number of carbonyl (C=O) groups is 1. The van der Waals surface area contributed by atoms with Crippen LogP contribution in [-0.2, 0) is 24.1 Å². The summed E-state index contributed by atoms with van der Waals surface area (Å²) in [5.41, 5.74) is 4.95. The number of hydrogen-bond donors (Lipinski definition) is 1. The number of carboxylic acids is 1. The summed E-state index contributed by atoms with van der Waals surface area (Å²) in [6.45, 7) is 8.58. The number of fused-ring (bicyclic) bond motifs is 1. The van der Waals surface area contributed by atoms with E-state index in [1.54, 1.807) is 11.1 Å². The number of aliphatic carboxylic acids is 1. The monoisotopic (exact) mass is 290 g/mol. The average molecular weight is 290 g/mol. The van der Waals surface area contributed by atoms with E-state index < -0.39 is 5.97 Å². The molecule has 0 radical (unpaired) electrons. The predicted molar refractivity (Wildman–Crippen MR) is 88.8 cm³/mol. The van der Waals surface area contributed by atoms with E-state index >= 15 is 0 Å². The zero-order chi connectivity index (χ0) is 15.9. The molecule has 1 aromatic rings. The molecule has 21 heavy (non-hydrogen) atoms. The van der Waals surface area contributed by atoms with Crippen molar-refractivity contribution in [2.75, 3.05) is 0 Å². The van der Waals surface area contributed by atoms with E-state index in [0.717, 1.165) is 12.8 Å². The molecule has 0 saturated carbocycles. The van der Waals surface area contributed by atoms with Crippen molar-refractivity contribution in [1.29, 1.82) is 0 Å². The van der Waals surface area contributed by atoms with Gasteiger partial charge in [-0.05, 0) is 60.6 Å². The molecule has 2 nitrogen and oxygen atoms in total. The van der Waals surface area contributed by atoms with Gasteiger partial charge in [0.25, 0.3) is 0 Å². The standard InChI is InChI=1S/C11H14.C8H16O2/c1-2-9-6-7-10-4-3-5-11(10)8-9;1-8(2,3)6-4-5-7(9)10/h6-8H,2-5H2,1H3;4-6H2,1-3H3,(H,9,10). The lowest BCUT2D eigenvalue weighted by Gasteiger charge is -2.16. The minimum atomic E-state index is -0.691. The highest BCUT2D eigenvalue weighted by molar-refractivity contribution is 5.66. The molecule has 0 aromatic heterocycles. The smallest absolute Gasteiger partial charge is 0.303 e. The van der Waals surface area contributed by atoms with E-state index in [4.69, 9.17) is 5.11 Å². The Morgan fingerprint density at radius 2 is 1.86 bits per heavy atom. The predicted octanol–water partition coefficient (Wildman–Crippen LogP) is 5.03. The summed E-state index contributed by atoms with van der Waals surface area (Å²) in [4.78, 5) is 10.1. The lowest BCUT2D eigenvalue weighted by atomic mass is 9.90. The summed E-state index contributed by atoms with van der Waals surface area (Å²) >= 11 is 0.